The summed E-state index contributed by atoms with van der Waals surface area (Å²) in [7, 11) is 0. The minimum Gasteiger partial charge on any atom is -0.309 e. The second kappa shape index (κ2) is 5.50. The van der Waals surface area contributed by atoms with E-state index in [0.29, 0.717) is 5.92 Å². The Labute approximate surface area is 128 Å². The van der Waals surface area contributed by atoms with Crippen LogP contribution in [-0.4, -0.2) is 11.0 Å². The first-order valence-electron chi connectivity index (χ1n) is 7.74. The molecule has 0 bridgehead atoms. The summed E-state index contributed by atoms with van der Waals surface area (Å²) in [6, 6.07) is 7.58. The molecule has 0 atom stereocenters. The fourth-order valence-corrected chi connectivity index (χ4v) is 3.78. The van der Waals surface area contributed by atoms with Gasteiger partial charge in [0, 0.05) is 29.8 Å². The number of nitrogens with one attached hydrogen (secondary N) is 1. The quantitative estimate of drug-likeness (QED) is 0.872. The molecule has 4 heteroatoms. The van der Waals surface area contributed by atoms with E-state index >= 15 is 0 Å². The molecule has 2 aliphatic rings. The third-order valence-electron chi connectivity index (χ3n) is 4.11. The molecule has 0 saturated heterocycles. The van der Waals surface area contributed by atoms with Crippen molar-refractivity contribution in [3.63, 3.8) is 0 Å². The Morgan fingerprint density at radius 2 is 2.10 bits per heavy atom. The lowest BCUT2D eigenvalue weighted by molar-refractivity contribution is 0.626. The van der Waals surface area contributed by atoms with Crippen LogP contribution in [0.5, 0.6) is 0 Å². The average molecular weight is 302 g/mol. The van der Waals surface area contributed by atoms with Crippen LogP contribution in [0.1, 0.15) is 52.7 Å². The van der Waals surface area contributed by atoms with Gasteiger partial charge in [0.1, 0.15) is 5.82 Å². The van der Waals surface area contributed by atoms with Gasteiger partial charge in [0.25, 0.3) is 0 Å². The molecule has 2 aliphatic carbocycles. The van der Waals surface area contributed by atoms with Gasteiger partial charge in [0.15, 0.2) is 0 Å². The van der Waals surface area contributed by atoms with Crippen molar-refractivity contribution >= 4 is 11.3 Å². The summed E-state index contributed by atoms with van der Waals surface area (Å²) in [5.41, 5.74) is 2.31. The molecule has 0 spiro atoms. The highest BCUT2D eigenvalue weighted by molar-refractivity contribution is 7.11. The minimum absolute atomic E-state index is 0.165. The second-order valence-corrected chi connectivity index (χ2v) is 7.32. The van der Waals surface area contributed by atoms with E-state index in [2.05, 4.69) is 5.32 Å². The predicted molar refractivity (Wildman–Crippen MR) is 83.2 cm³/mol. The standard InChI is InChI=1S/C17H19FN2S/c18-13-3-1-2-11(8-13)9-16-20-17(12-4-5-12)15(21-16)10-19-14-6-7-14/h1-3,8,12,14,19H,4-7,9-10H2. The molecule has 21 heavy (non-hydrogen) atoms. The van der Waals surface area contributed by atoms with Crippen LogP contribution in [0.15, 0.2) is 24.3 Å². The van der Waals surface area contributed by atoms with Gasteiger partial charge in [0.2, 0.25) is 0 Å². The van der Waals surface area contributed by atoms with Crippen LogP contribution < -0.4 is 5.32 Å². The number of halogens is 1. The minimum atomic E-state index is -0.165. The largest absolute Gasteiger partial charge is 0.309 e. The maximum absolute atomic E-state index is 13.3. The van der Waals surface area contributed by atoms with Crippen molar-refractivity contribution in [3.8, 4) is 0 Å². The number of benzene rings is 1. The summed E-state index contributed by atoms with van der Waals surface area (Å²) in [6.07, 6.45) is 5.92. The molecule has 2 aromatic rings. The number of hydrogen-bond donors (Lipinski definition) is 1. The third-order valence-corrected chi connectivity index (χ3v) is 5.18. The lowest BCUT2D eigenvalue weighted by atomic mass is 10.1. The number of nitrogens with zero attached hydrogens (tertiary/aromatic N) is 1. The lowest BCUT2D eigenvalue weighted by Crippen LogP contribution is -2.15. The number of rotatable bonds is 6. The fourth-order valence-electron chi connectivity index (χ4n) is 2.64. The Morgan fingerprint density at radius 1 is 1.24 bits per heavy atom. The number of hydrogen-bond acceptors (Lipinski definition) is 3. The summed E-state index contributed by atoms with van der Waals surface area (Å²) in [5, 5.41) is 4.71. The summed E-state index contributed by atoms with van der Waals surface area (Å²) in [6.45, 7) is 0.956. The van der Waals surface area contributed by atoms with Gasteiger partial charge in [-0.2, -0.15) is 0 Å². The van der Waals surface area contributed by atoms with E-state index < -0.39 is 0 Å². The van der Waals surface area contributed by atoms with E-state index in [9.17, 15) is 4.39 Å². The first-order valence-corrected chi connectivity index (χ1v) is 8.56. The first kappa shape index (κ1) is 13.4. The van der Waals surface area contributed by atoms with Crippen molar-refractivity contribution in [1.29, 1.82) is 0 Å². The molecular formula is C17H19FN2S. The zero-order valence-corrected chi connectivity index (χ0v) is 12.8. The molecule has 0 aliphatic heterocycles. The topological polar surface area (TPSA) is 24.9 Å². The molecule has 2 saturated carbocycles. The lowest BCUT2D eigenvalue weighted by Gasteiger charge is -2.01. The number of thiazole rings is 1. The molecule has 0 radical (unpaired) electrons. The Hall–Kier alpha value is -1.26. The van der Waals surface area contributed by atoms with Crippen LogP contribution in [0, 0.1) is 5.82 Å². The van der Waals surface area contributed by atoms with Crippen molar-refractivity contribution < 1.29 is 4.39 Å². The molecule has 1 heterocycles. The number of aromatic nitrogens is 1. The van der Waals surface area contributed by atoms with Crippen molar-refractivity contribution in [2.24, 2.45) is 0 Å². The van der Waals surface area contributed by atoms with Crippen LogP contribution in [0.3, 0.4) is 0 Å². The van der Waals surface area contributed by atoms with Crippen molar-refractivity contribution in [3.05, 3.63) is 51.2 Å². The van der Waals surface area contributed by atoms with Gasteiger partial charge < -0.3 is 5.32 Å². The van der Waals surface area contributed by atoms with Crippen molar-refractivity contribution in [2.75, 3.05) is 0 Å². The molecule has 2 fully saturated rings. The smallest absolute Gasteiger partial charge is 0.123 e. The van der Waals surface area contributed by atoms with Crippen LogP contribution >= 0.6 is 11.3 Å². The van der Waals surface area contributed by atoms with Gasteiger partial charge in [-0.15, -0.1) is 11.3 Å². The molecule has 1 N–H and O–H groups in total. The molecule has 0 amide bonds. The van der Waals surface area contributed by atoms with Crippen LogP contribution in [0.4, 0.5) is 4.39 Å². The van der Waals surface area contributed by atoms with Crippen molar-refractivity contribution in [1.82, 2.24) is 10.3 Å². The summed E-state index contributed by atoms with van der Waals surface area (Å²) in [5.74, 6) is 0.514. The van der Waals surface area contributed by atoms with Gasteiger partial charge in [-0.25, -0.2) is 9.37 Å². The van der Waals surface area contributed by atoms with Gasteiger partial charge >= 0.3 is 0 Å². The van der Waals surface area contributed by atoms with Gasteiger partial charge in [-0.3, -0.25) is 0 Å². The Kier molecular flexibility index (Phi) is 3.51. The Balaban J connectivity index is 1.52. The van der Waals surface area contributed by atoms with Gasteiger partial charge in [-0.1, -0.05) is 12.1 Å². The molecule has 4 rings (SSSR count). The maximum atomic E-state index is 13.3. The summed E-state index contributed by atoms with van der Waals surface area (Å²) in [4.78, 5) is 6.25. The summed E-state index contributed by atoms with van der Waals surface area (Å²) >= 11 is 1.80. The zero-order chi connectivity index (χ0) is 14.2. The van der Waals surface area contributed by atoms with Crippen LogP contribution in [-0.2, 0) is 13.0 Å². The highest BCUT2D eigenvalue weighted by atomic mass is 32.1. The first-order chi connectivity index (χ1) is 10.3. The van der Waals surface area contributed by atoms with E-state index in [1.54, 1.807) is 23.5 Å². The highest BCUT2D eigenvalue weighted by Gasteiger charge is 2.30. The second-order valence-electron chi connectivity index (χ2n) is 6.15. The normalized spacial score (nSPS) is 18.1. The van der Waals surface area contributed by atoms with E-state index in [1.165, 1.54) is 42.3 Å². The van der Waals surface area contributed by atoms with Crippen LogP contribution in [0.2, 0.25) is 0 Å². The Morgan fingerprint density at radius 3 is 2.81 bits per heavy atom. The molecule has 2 nitrogen and oxygen atoms in total. The van der Waals surface area contributed by atoms with E-state index in [4.69, 9.17) is 4.98 Å². The monoisotopic (exact) mass is 302 g/mol. The maximum Gasteiger partial charge on any atom is 0.123 e. The average Bonchev–Trinajstić information content (AvgIpc) is 3.37. The zero-order valence-electron chi connectivity index (χ0n) is 11.9. The van der Waals surface area contributed by atoms with Crippen molar-refractivity contribution in [2.45, 2.75) is 50.6 Å². The van der Waals surface area contributed by atoms with E-state index in [-0.39, 0.29) is 5.82 Å². The fraction of sp³-hybridized carbons (Fsp3) is 0.471. The van der Waals surface area contributed by atoms with E-state index in [1.807, 2.05) is 6.07 Å². The van der Waals surface area contributed by atoms with Crippen LogP contribution in [0.25, 0.3) is 0 Å². The van der Waals surface area contributed by atoms with E-state index in [0.717, 1.165) is 29.6 Å². The third kappa shape index (κ3) is 3.33. The molecule has 0 unspecified atom stereocenters. The predicted octanol–water partition coefficient (Wildman–Crippen LogP) is 4.00. The summed E-state index contributed by atoms with van der Waals surface area (Å²) < 4.78 is 13.3. The van der Waals surface area contributed by atoms with Gasteiger partial charge in [0.05, 0.1) is 10.7 Å². The molecule has 1 aromatic carbocycles. The SMILES string of the molecule is Fc1cccc(Cc2nc(C3CC3)c(CNC3CC3)s2)c1. The molecule has 110 valence electrons. The highest BCUT2D eigenvalue weighted by Crippen LogP contribution is 2.43. The Bertz CT molecular complexity index is 644. The molecule has 1 aromatic heterocycles. The van der Waals surface area contributed by atoms with Gasteiger partial charge in [-0.05, 0) is 43.4 Å². The molecular weight excluding hydrogens is 283 g/mol.